The lowest BCUT2D eigenvalue weighted by Gasteiger charge is -1.89. The van der Waals surface area contributed by atoms with E-state index in [9.17, 15) is 14.4 Å². The maximum Gasteiger partial charge on any atom is 0.303 e. The second-order valence-corrected chi connectivity index (χ2v) is 4.49. The van der Waals surface area contributed by atoms with Crippen molar-refractivity contribution in [3.8, 4) is 0 Å². The fourth-order valence-corrected chi connectivity index (χ4v) is 1.07. The highest BCUT2D eigenvalue weighted by molar-refractivity contribution is 5.67. The third-order valence-electron chi connectivity index (χ3n) is 2.20. The number of hydrogen-bond donors (Lipinski definition) is 3. The summed E-state index contributed by atoms with van der Waals surface area (Å²) >= 11 is 0. The number of carboxylic acids is 3. The van der Waals surface area contributed by atoms with Gasteiger partial charge in [0.1, 0.15) is 0 Å². The SMILES string of the molecule is CCCC(=O)O.CCCCC(=O)O.CCCCCC(=O)O. The van der Waals surface area contributed by atoms with Crippen LogP contribution in [0.4, 0.5) is 0 Å². The number of rotatable bonds is 9. The summed E-state index contributed by atoms with van der Waals surface area (Å²) in [6.07, 6.45) is 6.38. The van der Waals surface area contributed by atoms with E-state index in [2.05, 4.69) is 6.92 Å². The van der Waals surface area contributed by atoms with Crippen LogP contribution in [-0.4, -0.2) is 33.2 Å². The first-order chi connectivity index (χ1) is 9.81. The molecule has 0 aromatic heterocycles. The van der Waals surface area contributed by atoms with Gasteiger partial charge in [-0.1, -0.05) is 40.0 Å². The average Bonchev–Trinajstić information content (AvgIpc) is 2.37. The van der Waals surface area contributed by atoms with Gasteiger partial charge in [0.05, 0.1) is 0 Å². The first-order valence-corrected chi connectivity index (χ1v) is 7.47. The van der Waals surface area contributed by atoms with Gasteiger partial charge in [0.25, 0.3) is 0 Å². The van der Waals surface area contributed by atoms with Crippen molar-refractivity contribution in [3.63, 3.8) is 0 Å². The maximum atomic E-state index is 9.87. The number of carboxylic acid groups (broad SMARTS) is 3. The van der Waals surface area contributed by atoms with Crippen molar-refractivity contribution >= 4 is 17.9 Å². The summed E-state index contributed by atoms with van der Waals surface area (Å²) in [5.41, 5.74) is 0. The number of aliphatic carboxylic acids is 3. The predicted molar refractivity (Wildman–Crippen MR) is 81.5 cm³/mol. The zero-order valence-corrected chi connectivity index (χ0v) is 13.4. The summed E-state index contributed by atoms with van der Waals surface area (Å²) in [5.74, 6) is -2.09. The van der Waals surface area contributed by atoms with E-state index in [4.69, 9.17) is 15.3 Å². The molecular formula is C15H30O6. The number of carbonyl (C=O) groups is 3. The Bertz CT molecular complexity index is 263. The van der Waals surface area contributed by atoms with Crippen molar-refractivity contribution in [2.24, 2.45) is 0 Å². The first-order valence-electron chi connectivity index (χ1n) is 7.47. The molecule has 0 heterocycles. The molecule has 0 aliphatic rings. The molecule has 21 heavy (non-hydrogen) atoms. The summed E-state index contributed by atoms with van der Waals surface area (Å²) < 4.78 is 0. The molecule has 0 spiro atoms. The molecule has 6 heteroatoms. The summed E-state index contributed by atoms with van der Waals surface area (Å²) in [7, 11) is 0. The van der Waals surface area contributed by atoms with Gasteiger partial charge in [0.2, 0.25) is 0 Å². The van der Waals surface area contributed by atoms with Crippen molar-refractivity contribution in [2.45, 2.75) is 78.6 Å². The van der Waals surface area contributed by atoms with E-state index in [1.807, 2.05) is 13.8 Å². The van der Waals surface area contributed by atoms with Crippen LogP contribution in [0, 0.1) is 0 Å². The summed E-state index contributed by atoms with van der Waals surface area (Å²) in [6, 6.07) is 0. The standard InChI is InChI=1S/C6H12O2.C5H10O2.C4H8O2/c1-2-3-4-5-6(7)8;1-2-3-4-5(6)7;1-2-3-4(5)6/h2-5H2,1H3,(H,7,8);2-4H2,1H3,(H,6,7);2-3H2,1H3,(H,5,6). The van der Waals surface area contributed by atoms with E-state index >= 15 is 0 Å². The third-order valence-corrected chi connectivity index (χ3v) is 2.20. The van der Waals surface area contributed by atoms with Gasteiger partial charge >= 0.3 is 17.9 Å². The lowest BCUT2D eigenvalue weighted by Crippen LogP contribution is -1.92. The van der Waals surface area contributed by atoms with E-state index in [0.29, 0.717) is 19.3 Å². The highest BCUT2D eigenvalue weighted by Crippen LogP contribution is 1.97. The molecule has 0 fully saturated rings. The van der Waals surface area contributed by atoms with Gasteiger partial charge in [-0.05, 0) is 19.3 Å². The van der Waals surface area contributed by atoms with Gasteiger partial charge in [-0.2, -0.15) is 0 Å². The average molecular weight is 306 g/mol. The second-order valence-electron chi connectivity index (χ2n) is 4.49. The predicted octanol–water partition coefficient (Wildman–Crippen LogP) is 3.78. The Balaban J connectivity index is -0.000000234. The molecule has 0 aromatic rings. The van der Waals surface area contributed by atoms with Crippen LogP contribution >= 0.6 is 0 Å². The minimum absolute atomic E-state index is 0.292. The van der Waals surface area contributed by atoms with Crippen molar-refractivity contribution in [1.29, 1.82) is 0 Å². The third kappa shape index (κ3) is 45.7. The zero-order valence-electron chi connectivity index (χ0n) is 13.4. The molecule has 0 bridgehead atoms. The molecule has 6 nitrogen and oxygen atoms in total. The smallest absolute Gasteiger partial charge is 0.303 e. The van der Waals surface area contributed by atoms with Gasteiger partial charge in [-0.3, -0.25) is 14.4 Å². The summed E-state index contributed by atoms with van der Waals surface area (Å²) in [4.78, 5) is 29.2. The molecule has 0 aliphatic heterocycles. The first kappa shape index (κ1) is 24.4. The maximum absolute atomic E-state index is 9.87. The molecule has 126 valence electrons. The molecule has 0 radical (unpaired) electrons. The Hall–Kier alpha value is -1.59. The van der Waals surface area contributed by atoms with Gasteiger partial charge in [0, 0.05) is 19.3 Å². The van der Waals surface area contributed by atoms with Crippen LogP contribution in [0.15, 0.2) is 0 Å². The lowest BCUT2D eigenvalue weighted by molar-refractivity contribution is -0.138. The molecule has 0 amide bonds. The summed E-state index contributed by atoms with van der Waals surface area (Å²) in [5, 5.41) is 24.1. The Morgan fingerprint density at radius 1 is 0.571 bits per heavy atom. The van der Waals surface area contributed by atoms with E-state index in [1.54, 1.807) is 0 Å². The molecule has 0 aliphatic carbocycles. The minimum Gasteiger partial charge on any atom is -0.481 e. The quantitative estimate of drug-likeness (QED) is 0.559. The Kier molecular flexibility index (Phi) is 24.1. The van der Waals surface area contributed by atoms with Crippen LogP contribution in [0.1, 0.15) is 78.6 Å². The molecule has 0 unspecified atom stereocenters. The van der Waals surface area contributed by atoms with E-state index < -0.39 is 17.9 Å². The zero-order chi connectivity index (χ0) is 17.1. The van der Waals surface area contributed by atoms with Crippen LogP contribution in [0.3, 0.4) is 0 Å². The normalized spacial score (nSPS) is 8.71. The van der Waals surface area contributed by atoms with Gasteiger partial charge < -0.3 is 15.3 Å². The molecule has 3 N–H and O–H groups in total. The van der Waals surface area contributed by atoms with Crippen LogP contribution in [0.5, 0.6) is 0 Å². The second kappa shape index (κ2) is 20.7. The molecule has 0 rings (SSSR count). The fourth-order valence-electron chi connectivity index (χ4n) is 1.07. The van der Waals surface area contributed by atoms with Crippen molar-refractivity contribution in [1.82, 2.24) is 0 Å². The van der Waals surface area contributed by atoms with Gasteiger partial charge in [-0.15, -0.1) is 0 Å². The Labute approximate surface area is 127 Å². The highest BCUT2D eigenvalue weighted by atomic mass is 16.4. The number of unbranched alkanes of at least 4 members (excludes halogenated alkanes) is 3. The fraction of sp³-hybridized carbons (Fsp3) is 0.800. The minimum atomic E-state index is -0.711. The Morgan fingerprint density at radius 3 is 1.14 bits per heavy atom. The lowest BCUT2D eigenvalue weighted by atomic mass is 10.2. The molecular weight excluding hydrogens is 276 g/mol. The van der Waals surface area contributed by atoms with E-state index in [-0.39, 0.29) is 0 Å². The highest BCUT2D eigenvalue weighted by Gasteiger charge is 1.93. The monoisotopic (exact) mass is 306 g/mol. The van der Waals surface area contributed by atoms with Crippen molar-refractivity contribution in [3.05, 3.63) is 0 Å². The molecule has 0 saturated carbocycles. The molecule has 0 atom stereocenters. The van der Waals surface area contributed by atoms with Crippen molar-refractivity contribution in [2.75, 3.05) is 0 Å². The van der Waals surface area contributed by atoms with E-state index in [0.717, 1.165) is 38.5 Å². The van der Waals surface area contributed by atoms with Crippen LogP contribution in [-0.2, 0) is 14.4 Å². The topological polar surface area (TPSA) is 112 Å². The van der Waals surface area contributed by atoms with E-state index in [1.165, 1.54) is 0 Å². The Morgan fingerprint density at radius 2 is 0.952 bits per heavy atom. The van der Waals surface area contributed by atoms with Crippen molar-refractivity contribution < 1.29 is 29.7 Å². The number of hydrogen-bond acceptors (Lipinski definition) is 3. The molecule has 0 saturated heterocycles. The van der Waals surface area contributed by atoms with Crippen LogP contribution in [0.25, 0.3) is 0 Å². The van der Waals surface area contributed by atoms with Gasteiger partial charge in [-0.25, -0.2) is 0 Å². The summed E-state index contributed by atoms with van der Waals surface area (Å²) in [6.45, 7) is 5.87. The van der Waals surface area contributed by atoms with Gasteiger partial charge in [0.15, 0.2) is 0 Å². The van der Waals surface area contributed by atoms with Crippen LogP contribution < -0.4 is 0 Å². The molecule has 0 aromatic carbocycles. The largest absolute Gasteiger partial charge is 0.481 e. The van der Waals surface area contributed by atoms with Crippen LogP contribution in [0.2, 0.25) is 0 Å².